The molecule has 1 atom stereocenters. The van der Waals surface area contributed by atoms with E-state index in [1.54, 1.807) is 6.20 Å². The largest absolute Gasteiger partial charge is 0.342 e. The van der Waals surface area contributed by atoms with Gasteiger partial charge in [-0.05, 0) is 25.7 Å². The van der Waals surface area contributed by atoms with Crippen molar-refractivity contribution < 1.29 is 9.59 Å². The molecule has 0 spiro atoms. The van der Waals surface area contributed by atoms with E-state index >= 15 is 0 Å². The van der Waals surface area contributed by atoms with Crippen LogP contribution in [0.15, 0.2) is 18.7 Å². The van der Waals surface area contributed by atoms with Crippen LogP contribution >= 0.6 is 0 Å². The minimum absolute atomic E-state index is 0.108. The average Bonchev–Trinajstić information content (AvgIpc) is 3.09. The Hall–Kier alpha value is -1.85. The third-order valence-electron chi connectivity index (χ3n) is 5.16. The summed E-state index contributed by atoms with van der Waals surface area (Å²) in [5.74, 6) is 0.000587. The Kier molecular flexibility index (Phi) is 4.68. The Morgan fingerprint density at radius 2 is 2.00 bits per heavy atom. The molecular formula is C17H26N4O2. The lowest BCUT2D eigenvalue weighted by molar-refractivity contribution is -0.144. The van der Waals surface area contributed by atoms with Crippen LogP contribution in [0.25, 0.3) is 0 Å². The Bertz CT molecular complexity index is 549. The van der Waals surface area contributed by atoms with Gasteiger partial charge < -0.3 is 14.8 Å². The van der Waals surface area contributed by atoms with Gasteiger partial charge in [-0.25, -0.2) is 4.98 Å². The van der Waals surface area contributed by atoms with E-state index in [2.05, 4.69) is 14.9 Å². The van der Waals surface area contributed by atoms with Gasteiger partial charge in [-0.15, -0.1) is 0 Å². The zero-order chi connectivity index (χ0) is 16.3. The molecule has 1 saturated heterocycles. The summed E-state index contributed by atoms with van der Waals surface area (Å²) in [7, 11) is 0. The summed E-state index contributed by atoms with van der Waals surface area (Å²) in [5, 5.41) is 2.99. The molecule has 23 heavy (non-hydrogen) atoms. The van der Waals surface area contributed by atoms with E-state index in [1.807, 2.05) is 17.4 Å². The molecule has 1 aromatic heterocycles. The first-order valence-corrected chi connectivity index (χ1v) is 8.66. The Morgan fingerprint density at radius 3 is 2.65 bits per heavy atom. The first kappa shape index (κ1) is 16.0. The number of hydrogen-bond donors (Lipinski definition) is 1. The van der Waals surface area contributed by atoms with Crippen LogP contribution < -0.4 is 5.32 Å². The number of nitrogens with zero attached hydrogens (tertiary/aromatic N) is 3. The second kappa shape index (κ2) is 6.72. The molecule has 2 amide bonds. The van der Waals surface area contributed by atoms with E-state index in [1.165, 1.54) is 6.92 Å². The van der Waals surface area contributed by atoms with Crippen LogP contribution in [0, 0.1) is 0 Å². The maximum absolute atomic E-state index is 13.2. The Morgan fingerprint density at radius 1 is 1.22 bits per heavy atom. The average molecular weight is 318 g/mol. The molecule has 1 saturated carbocycles. The zero-order valence-electron chi connectivity index (χ0n) is 13.8. The molecule has 1 aromatic rings. The second-order valence-corrected chi connectivity index (χ2v) is 6.88. The monoisotopic (exact) mass is 318 g/mol. The number of piperidine rings is 1. The van der Waals surface area contributed by atoms with Crippen LogP contribution in [-0.4, -0.2) is 44.9 Å². The van der Waals surface area contributed by atoms with Crippen molar-refractivity contribution in [1.29, 1.82) is 0 Å². The SMILES string of the molecule is CC(=O)NC1(C(=O)N2CCCC(n3ccnc3)C2)CCCCC1. The number of imidazole rings is 1. The number of rotatable bonds is 3. The lowest BCUT2D eigenvalue weighted by Gasteiger charge is -2.43. The minimum Gasteiger partial charge on any atom is -0.342 e. The predicted octanol–water partition coefficient (Wildman–Crippen LogP) is 1.89. The highest BCUT2D eigenvalue weighted by Crippen LogP contribution is 2.32. The third kappa shape index (κ3) is 3.41. The van der Waals surface area contributed by atoms with Crippen LogP contribution in [-0.2, 0) is 9.59 Å². The highest BCUT2D eigenvalue weighted by molar-refractivity contribution is 5.91. The van der Waals surface area contributed by atoms with Gasteiger partial charge in [0.25, 0.3) is 0 Å². The van der Waals surface area contributed by atoms with Crippen molar-refractivity contribution in [2.24, 2.45) is 0 Å². The van der Waals surface area contributed by atoms with Gasteiger partial charge in [0.15, 0.2) is 0 Å². The maximum Gasteiger partial charge on any atom is 0.248 e. The fourth-order valence-corrected chi connectivity index (χ4v) is 4.06. The standard InChI is InChI=1S/C17H26N4O2/c1-14(22)19-17(7-3-2-4-8-17)16(23)20-10-5-6-15(12-20)21-11-9-18-13-21/h9,11,13,15H,2-8,10,12H2,1H3,(H,19,22). The first-order chi connectivity index (χ1) is 11.1. The molecule has 1 N–H and O–H groups in total. The molecule has 0 radical (unpaired) electrons. The van der Waals surface area contributed by atoms with Crippen molar-refractivity contribution in [3.63, 3.8) is 0 Å². The van der Waals surface area contributed by atoms with Crippen molar-refractivity contribution in [2.75, 3.05) is 13.1 Å². The van der Waals surface area contributed by atoms with Gasteiger partial charge in [0.1, 0.15) is 5.54 Å². The number of amides is 2. The van der Waals surface area contributed by atoms with Gasteiger partial charge in [-0.2, -0.15) is 0 Å². The van der Waals surface area contributed by atoms with Crippen molar-refractivity contribution in [3.05, 3.63) is 18.7 Å². The molecule has 1 aliphatic carbocycles. The smallest absolute Gasteiger partial charge is 0.248 e. The van der Waals surface area contributed by atoms with Gasteiger partial charge in [0.05, 0.1) is 12.4 Å². The molecule has 1 aliphatic heterocycles. The highest BCUT2D eigenvalue weighted by atomic mass is 16.2. The Labute approximate surface area is 137 Å². The van der Waals surface area contributed by atoms with Crippen molar-refractivity contribution in [1.82, 2.24) is 19.8 Å². The third-order valence-corrected chi connectivity index (χ3v) is 5.16. The van der Waals surface area contributed by atoms with Crippen molar-refractivity contribution >= 4 is 11.8 Å². The fourth-order valence-electron chi connectivity index (χ4n) is 4.06. The van der Waals surface area contributed by atoms with Gasteiger partial charge >= 0.3 is 0 Å². The summed E-state index contributed by atoms with van der Waals surface area (Å²) < 4.78 is 2.09. The van der Waals surface area contributed by atoms with E-state index in [4.69, 9.17) is 0 Å². The van der Waals surface area contributed by atoms with E-state index in [0.29, 0.717) is 6.54 Å². The molecule has 2 aliphatic rings. The zero-order valence-corrected chi connectivity index (χ0v) is 13.8. The summed E-state index contributed by atoms with van der Waals surface area (Å²) in [4.78, 5) is 30.9. The van der Waals surface area contributed by atoms with Crippen LogP contribution in [0.4, 0.5) is 0 Å². The van der Waals surface area contributed by atoms with Crippen LogP contribution in [0.5, 0.6) is 0 Å². The summed E-state index contributed by atoms with van der Waals surface area (Å²) >= 11 is 0. The number of nitrogens with one attached hydrogen (secondary N) is 1. The topological polar surface area (TPSA) is 67.2 Å². The predicted molar refractivity (Wildman–Crippen MR) is 86.7 cm³/mol. The molecule has 0 bridgehead atoms. The molecule has 2 heterocycles. The van der Waals surface area contributed by atoms with Gasteiger partial charge in [-0.1, -0.05) is 19.3 Å². The molecule has 1 unspecified atom stereocenters. The normalized spacial score (nSPS) is 24.2. The van der Waals surface area contributed by atoms with Gasteiger partial charge in [0.2, 0.25) is 11.8 Å². The van der Waals surface area contributed by atoms with E-state index in [0.717, 1.165) is 51.5 Å². The van der Waals surface area contributed by atoms with E-state index in [-0.39, 0.29) is 17.9 Å². The molecule has 126 valence electrons. The number of likely N-dealkylation sites (tertiary alicyclic amines) is 1. The minimum atomic E-state index is -0.680. The number of carbonyl (C=O) groups excluding carboxylic acids is 2. The van der Waals surface area contributed by atoms with Crippen molar-refractivity contribution in [3.8, 4) is 0 Å². The van der Waals surface area contributed by atoms with Gasteiger partial charge in [-0.3, -0.25) is 9.59 Å². The maximum atomic E-state index is 13.2. The quantitative estimate of drug-likeness (QED) is 0.925. The molecule has 2 fully saturated rings. The molecule has 6 nitrogen and oxygen atoms in total. The summed E-state index contributed by atoms with van der Waals surface area (Å²) in [6.45, 7) is 3.00. The molecule has 0 aromatic carbocycles. The molecule has 6 heteroatoms. The van der Waals surface area contributed by atoms with E-state index in [9.17, 15) is 9.59 Å². The van der Waals surface area contributed by atoms with E-state index < -0.39 is 5.54 Å². The van der Waals surface area contributed by atoms with Gasteiger partial charge in [0, 0.05) is 32.4 Å². The lowest BCUT2D eigenvalue weighted by atomic mass is 9.80. The van der Waals surface area contributed by atoms with Crippen LogP contribution in [0.1, 0.15) is 57.9 Å². The van der Waals surface area contributed by atoms with Crippen LogP contribution in [0.2, 0.25) is 0 Å². The van der Waals surface area contributed by atoms with Crippen molar-refractivity contribution in [2.45, 2.75) is 63.5 Å². The fraction of sp³-hybridized carbons (Fsp3) is 0.706. The molecular weight excluding hydrogens is 292 g/mol. The molecule has 3 rings (SSSR count). The summed E-state index contributed by atoms with van der Waals surface area (Å²) in [5.41, 5.74) is -0.680. The summed E-state index contributed by atoms with van der Waals surface area (Å²) in [6.07, 6.45) is 12.3. The second-order valence-electron chi connectivity index (χ2n) is 6.88. The summed E-state index contributed by atoms with van der Waals surface area (Å²) in [6, 6.07) is 0.285. The number of hydrogen-bond acceptors (Lipinski definition) is 3. The first-order valence-electron chi connectivity index (χ1n) is 8.66. The number of aromatic nitrogens is 2. The Balaban J connectivity index is 1.75. The highest BCUT2D eigenvalue weighted by Gasteiger charge is 2.43. The number of carbonyl (C=O) groups is 2. The van der Waals surface area contributed by atoms with Crippen LogP contribution in [0.3, 0.4) is 0 Å². The lowest BCUT2D eigenvalue weighted by Crippen LogP contribution is -2.61.